The summed E-state index contributed by atoms with van der Waals surface area (Å²) in [4.78, 5) is 10.7. The first kappa shape index (κ1) is 14.3. The van der Waals surface area contributed by atoms with E-state index in [0.29, 0.717) is 11.8 Å². The van der Waals surface area contributed by atoms with E-state index in [2.05, 4.69) is 35.7 Å². The van der Waals surface area contributed by atoms with Gasteiger partial charge in [-0.15, -0.1) is 0 Å². The van der Waals surface area contributed by atoms with Crippen LogP contribution in [0.3, 0.4) is 0 Å². The number of benzene rings is 2. The van der Waals surface area contributed by atoms with Crippen molar-refractivity contribution in [2.24, 2.45) is 5.92 Å². The monoisotopic (exact) mass is 326 g/mol. The number of allylic oxidation sites excluding steroid dienone is 2. The van der Waals surface area contributed by atoms with Gasteiger partial charge >= 0.3 is 0 Å². The summed E-state index contributed by atoms with van der Waals surface area (Å²) in [7, 11) is 0. The van der Waals surface area contributed by atoms with E-state index in [1.807, 2.05) is 12.1 Å². The van der Waals surface area contributed by atoms with Crippen LogP contribution in [0.5, 0.6) is 0 Å². The molecule has 0 aromatic heterocycles. The molecule has 2 aliphatic rings. The highest BCUT2D eigenvalue weighted by Gasteiger charge is 2.38. The van der Waals surface area contributed by atoms with Crippen LogP contribution < -0.4 is 5.32 Å². The Morgan fingerprint density at radius 3 is 2.87 bits per heavy atom. The number of nitro benzene ring substituents is 1. The molecule has 5 heteroatoms. The summed E-state index contributed by atoms with van der Waals surface area (Å²) in [5, 5.41) is 14.9. The van der Waals surface area contributed by atoms with Crippen molar-refractivity contribution >= 4 is 23.0 Å². The van der Waals surface area contributed by atoms with Crippen molar-refractivity contribution in [2.45, 2.75) is 18.4 Å². The first-order chi connectivity index (χ1) is 11.1. The van der Waals surface area contributed by atoms with E-state index < -0.39 is 4.92 Å². The number of nitro groups is 1. The molecule has 2 aromatic carbocycles. The van der Waals surface area contributed by atoms with E-state index in [4.69, 9.17) is 11.6 Å². The third kappa shape index (κ3) is 2.30. The molecule has 3 atom stereocenters. The minimum atomic E-state index is -0.424. The molecule has 0 amide bonds. The largest absolute Gasteiger partial charge is 0.378 e. The third-order valence-corrected chi connectivity index (χ3v) is 5.12. The highest BCUT2D eigenvalue weighted by molar-refractivity contribution is 6.32. The Kier molecular flexibility index (Phi) is 3.34. The van der Waals surface area contributed by atoms with Crippen molar-refractivity contribution in [1.29, 1.82) is 0 Å². The van der Waals surface area contributed by atoms with Crippen LogP contribution in [0.1, 0.15) is 29.5 Å². The van der Waals surface area contributed by atoms with Crippen molar-refractivity contribution in [3.8, 4) is 0 Å². The fraction of sp³-hybridized carbons (Fsp3) is 0.222. The van der Waals surface area contributed by atoms with Gasteiger partial charge in [0.25, 0.3) is 5.69 Å². The van der Waals surface area contributed by atoms with Gasteiger partial charge in [-0.05, 0) is 35.6 Å². The summed E-state index contributed by atoms with van der Waals surface area (Å²) in [5.41, 5.74) is 3.27. The lowest BCUT2D eigenvalue weighted by Gasteiger charge is -2.37. The van der Waals surface area contributed by atoms with Crippen molar-refractivity contribution in [3.05, 3.63) is 80.9 Å². The number of anilines is 1. The highest BCUT2D eigenvalue weighted by Crippen LogP contribution is 2.50. The standard InChI is InChI=1S/C18H15ClN2O2/c19-15-9-8-11(10-17(15)21(22)23)18-14-6-3-5-12(14)13-4-1-2-7-16(13)20-18/h1-5,7-10,12,14,18,20H,6H2/t12-,14+,18-/m0/s1. The van der Waals surface area contributed by atoms with E-state index in [1.165, 1.54) is 5.56 Å². The summed E-state index contributed by atoms with van der Waals surface area (Å²) in [6.07, 6.45) is 5.42. The van der Waals surface area contributed by atoms with Crippen LogP contribution in [0.25, 0.3) is 0 Å². The zero-order valence-electron chi connectivity index (χ0n) is 12.3. The van der Waals surface area contributed by atoms with Gasteiger partial charge in [0.15, 0.2) is 0 Å². The summed E-state index contributed by atoms with van der Waals surface area (Å²) >= 11 is 5.95. The van der Waals surface area contributed by atoms with Crippen LogP contribution in [-0.4, -0.2) is 4.92 Å². The van der Waals surface area contributed by atoms with Gasteiger partial charge in [0.05, 0.1) is 11.0 Å². The van der Waals surface area contributed by atoms with Crippen molar-refractivity contribution in [2.75, 3.05) is 5.32 Å². The number of hydrogen-bond acceptors (Lipinski definition) is 3. The number of nitrogens with zero attached hydrogens (tertiary/aromatic N) is 1. The molecule has 0 spiro atoms. The predicted molar refractivity (Wildman–Crippen MR) is 90.9 cm³/mol. The van der Waals surface area contributed by atoms with E-state index in [1.54, 1.807) is 12.1 Å². The van der Waals surface area contributed by atoms with Gasteiger partial charge in [0, 0.05) is 17.7 Å². The van der Waals surface area contributed by atoms with Gasteiger partial charge in [0.2, 0.25) is 0 Å². The Labute approximate surface area is 138 Å². The minimum Gasteiger partial charge on any atom is -0.378 e. The molecule has 0 saturated carbocycles. The molecule has 0 fully saturated rings. The SMILES string of the molecule is O=[N+]([O-])c1cc([C@@H]2Nc3ccccc3[C@@H]3C=CC[C@H]32)ccc1Cl. The summed E-state index contributed by atoms with van der Waals surface area (Å²) in [5.74, 6) is 0.720. The lowest BCUT2D eigenvalue weighted by Crippen LogP contribution is -2.29. The second-order valence-electron chi connectivity index (χ2n) is 6.03. The molecule has 4 rings (SSSR count). The second-order valence-corrected chi connectivity index (χ2v) is 6.44. The first-order valence-corrected chi connectivity index (χ1v) is 7.99. The Bertz CT molecular complexity index is 818. The number of fused-ring (bicyclic) bond motifs is 3. The van der Waals surface area contributed by atoms with E-state index in [0.717, 1.165) is 17.7 Å². The molecule has 4 nitrogen and oxygen atoms in total. The minimum absolute atomic E-state index is 0.0349. The molecule has 1 N–H and O–H groups in total. The molecular formula is C18H15ClN2O2. The van der Waals surface area contributed by atoms with Crippen molar-refractivity contribution in [3.63, 3.8) is 0 Å². The van der Waals surface area contributed by atoms with Gasteiger partial charge in [-0.3, -0.25) is 10.1 Å². The van der Waals surface area contributed by atoms with Crippen molar-refractivity contribution < 1.29 is 4.92 Å². The summed E-state index contributed by atoms with van der Waals surface area (Å²) < 4.78 is 0. The van der Waals surface area contributed by atoms with Crippen molar-refractivity contribution in [1.82, 2.24) is 0 Å². The molecule has 0 unspecified atom stereocenters. The third-order valence-electron chi connectivity index (χ3n) is 4.80. The number of halogens is 1. The normalized spacial score (nSPS) is 24.7. The molecular weight excluding hydrogens is 312 g/mol. The highest BCUT2D eigenvalue weighted by atomic mass is 35.5. The van der Waals surface area contributed by atoms with Gasteiger partial charge < -0.3 is 5.32 Å². The molecule has 116 valence electrons. The van der Waals surface area contributed by atoms with Crippen LogP contribution in [-0.2, 0) is 0 Å². The molecule has 23 heavy (non-hydrogen) atoms. The van der Waals surface area contributed by atoms with E-state index in [-0.39, 0.29) is 16.8 Å². The number of nitrogens with one attached hydrogen (secondary N) is 1. The summed E-state index contributed by atoms with van der Waals surface area (Å²) in [6, 6.07) is 13.4. The van der Waals surface area contributed by atoms with Gasteiger partial charge in [0.1, 0.15) is 5.02 Å². The smallest absolute Gasteiger partial charge is 0.288 e. The average Bonchev–Trinajstić information content (AvgIpc) is 3.04. The average molecular weight is 327 g/mol. The number of rotatable bonds is 2. The molecule has 2 aromatic rings. The molecule has 0 saturated heterocycles. The fourth-order valence-electron chi connectivity index (χ4n) is 3.74. The predicted octanol–water partition coefficient (Wildman–Crippen LogP) is 5.07. The lowest BCUT2D eigenvalue weighted by atomic mass is 9.77. The van der Waals surface area contributed by atoms with E-state index >= 15 is 0 Å². The molecule has 0 radical (unpaired) electrons. The maximum Gasteiger partial charge on any atom is 0.288 e. The van der Waals surface area contributed by atoms with Gasteiger partial charge in [-0.25, -0.2) is 0 Å². The zero-order valence-corrected chi connectivity index (χ0v) is 13.0. The fourth-order valence-corrected chi connectivity index (χ4v) is 3.92. The second kappa shape index (κ2) is 5.39. The molecule has 1 aliphatic heterocycles. The maximum atomic E-state index is 11.2. The number of hydrogen-bond donors (Lipinski definition) is 1. The van der Waals surface area contributed by atoms with E-state index in [9.17, 15) is 10.1 Å². The van der Waals surface area contributed by atoms with Gasteiger partial charge in [-0.2, -0.15) is 0 Å². The molecule has 1 heterocycles. The molecule has 1 aliphatic carbocycles. The summed E-state index contributed by atoms with van der Waals surface area (Å²) in [6.45, 7) is 0. The maximum absolute atomic E-state index is 11.2. The Balaban J connectivity index is 1.78. The Morgan fingerprint density at radius 2 is 2.04 bits per heavy atom. The molecule has 0 bridgehead atoms. The Morgan fingerprint density at radius 1 is 1.22 bits per heavy atom. The zero-order chi connectivity index (χ0) is 16.0. The lowest BCUT2D eigenvalue weighted by molar-refractivity contribution is -0.384. The van der Waals surface area contributed by atoms with Crippen LogP contribution in [0.2, 0.25) is 5.02 Å². The van der Waals surface area contributed by atoms with Crippen LogP contribution in [0.15, 0.2) is 54.6 Å². The van der Waals surface area contributed by atoms with Gasteiger partial charge in [-0.1, -0.05) is 48.0 Å². The first-order valence-electron chi connectivity index (χ1n) is 7.61. The van der Waals surface area contributed by atoms with Crippen LogP contribution in [0, 0.1) is 16.0 Å². The Hall–Kier alpha value is -2.33. The number of para-hydroxylation sites is 1. The quantitative estimate of drug-likeness (QED) is 0.476. The van der Waals surface area contributed by atoms with Crippen LogP contribution >= 0.6 is 11.6 Å². The topological polar surface area (TPSA) is 55.2 Å². The van der Waals surface area contributed by atoms with Crippen LogP contribution in [0.4, 0.5) is 11.4 Å².